The molecule has 1 aromatic carbocycles. The topological polar surface area (TPSA) is 93.4 Å². The minimum atomic E-state index is -3.96. The Balaban J connectivity index is 2.39. The molecule has 0 saturated carbocycles. The SMILES string of the molecule is CCS(=O)(=O)NC[C@H](c1ccco1)S(=O)(=O)c1ccc(F)cc1. The predicted octanol–water partition coefficient (Wildman–Crippen LogP) is 1.87. The van der Waals surface area contributed by atoms with Crippen LogP contribution in [-0.2, 0) is 19.9 Å². The minimum absolute atomic E-state index is 0.105. The van der Waals surface area contributed by atoms with Crippen LogP contribution in [0.2, 0.25) is 0 Å². The van der Waals surface area contributed by atoms with Crippen LogP contribution in [0.5, 0.6) is 0 Å². The van der Waals surface area contributed by atoms with Crippen molar-refractivity contribution in [1.29, 1.82) is 0 Å². The summed E-state index contributed by atoms with van der Waals surface area (Å²) in [7, 11) is -7.53. The van der Waals surface area contributed by atoms with Gasteiger partial charge in [0.15, 0.2) is 9.84 Å². The molecule has 1 N–H and O–H groups in total. The number of hydrogen-bond acceptors (Lipinski definition) is 5. The van der Waals surface area contributed by atoms with E-state index in [9.17, 15) is 21.2 Å². The molecule has 0 aliphatic carbocycles. The summed E-state index contributed by atoms with van der Waals surface area (Å²) in [6.07, 6.45) is 1.30. The normalized spacial score (nSPS) is 13.8. The first-order valence-electron chi connectivity index (χ1n) is 6.76. The second kappa shape index (κ2) is 6.81. The third kappa shape index (κ3) is 4.18. The average molecular weight is 361 g/mol. The first-order valence-corrected chi connectivity index (χ1v) is 9.96. The Morgan fingerprint density at radius 1 is 1.13 bits per heavy atom. The number of benzene rings is 1. The van der Waals surface area contributed by atoms with E-state index in [4.69, 9.17) is 4.42 Å². The third-order valence-corrected chi connectivity index (χ3v) is 6.69. The zero-order valence-corrected chi connectivity index (χ0v) is 13.9. The van der Waals surface area contributed by atoms with E-state index in [1.165, 1.54) is 25.3 Å². The van der Waals surface area contributed by atoms with Gasteiger partial charge in [-0.25, -0.2) is 25.9 Å². The first-order chi connectivity index (χ1) is 10.8. The molecule has 0 spiro atoms. The summed E-state index contributed by atoms with van der Waals surface area (Å²) in [6, 6.07) is 7.29. The van der Waals surface area contributed by atoms with Crippen molar-refractivity contribution in [3.8, 4) is 0 Å². The monoisotopic (exact) mass is 361 g/mol. The fraction of sp³-hybridized carbons (Fsp3) is 0.286. The smallest absolute Gasteiger partial charge is 0.211 e. The lowest BCUT2D eigenvalue weighted by atomic mass is 10.3. The molecule has 0 unspecified atom stereocenters. The van der Waals surface area contributed by atoms with Crippen LogP contribution in [0.3, 0.4) is 0 Å². The maximum absolute atomic E-state index is 13.0. The van der Waals surface area contributed by atoms with Crippen LogP contribution in [0.25, 0.3) is 0 Å². The summed E-state index contributed by atoms with van der Waals surface area (Å²) in [5.74, 6) is -0.632. The van der Waals surface area contributed by atoms with Gasteiger partial charge in [-0.2, -0.15) is 0 Å². The highest BCUT2D eigenvalue weighted by Gasteiger charge is 2.32. The highest BCUT2D eigenvalue weighted by atomic mass is 32.2. The van der Waals surface area contributed by atoms with Gasteiger partial charge in [-0.05, 0) is 43.3 Å². The van der Waals surface area contributed by atoms with Crippen LogP contribution in [0.15, 0.2) is 52.0 Å². The Hall–Kier alpha value is -1.71. The van der Waals surface area contributed by atoms with Gasteiger partial charge in [-0.3, -0.25) is 0 Å². The lowest BCUT2D eigenvalue weighted by Gasteiger charge is -2.16. The quantitative estimate of drug-likeness (QED) is 0.760. The Bertz CT molecular complexity index is 843. The summed E-state index contributed by atoms with van der Waals surface area (Å²) >= 11 is 0. The van der Waals surface area contributed by atoms with E-state index in [1.807, 2.05) is 0 Å². The number of halogens is 1. The van der Waals surface area contributed by atoms with Crippen molar-refractivity contribution in [1.82, 2.24) is 4.72 Å². The van der Waals surface area contributed by atoms with Gasteiger partial charge < -0.3 is 4.42 Å². The van der Waals surface area contributed by atoms with Crippen molar-refractivity contribution in [2.45, 2.75) is 17.1 Å². The molecule has 1 heterocycles. The number of furan rings is 1. The molecule has 0 radical (unpaired) electrons. The molecule has 0 aliphatic rings. The van der Waals surface area contributed by atoms with Crippen molar-refractivity contribution in [2.75, 3.05) is 12.3 Å². The average Bonchev–Trinajstić information content (AvgIpc) is 3.01. The Morgan fingerprint density at radius 2 is 1.78 bits per heavy atom. The Morgan fingerprint density at radius 3 is 2.30 bits per heavy atom. The molecule has 6 nitrogen and oxygen atoms in total. The van der Waals surface area contributed by atoms with Gasteiger partial charge in [0.25, 0.3) is 0 Å². The summed E-state index contributed by atoms with van der Waals surface area (Å²) < 4.78 is 69.0. The fourth-order valence-corrected chi connectivity index (χ4v) is 4.25. The van der Waals surface area contributed by atoms with Crippen LogP contribution in [0, 0.1) is 5.82 Å². The van der Waals surface area contributed by atoms with E-state index >= 15 is 0 Å². The van der Waals surface area contributed by atoms with Crippen molar-refractivity contribution >= 4 is 19.9 Å². The van der Waals surface area contributed by atoms with E-state index in [1.54, 1.807) is 0 Å². The molecule has 1 aromatic heterocycles. The van der Waals surface area contributed by atoms with Crippen molar-refractivity contribution in [3.63, 3.8) is 0 Å². The number of nitrogens with one attached hydrogen (secondary N) is 1. The molecular weight excluding hydrogens is 345 g/mol. The maximum atomic E-state index is 13.0. The van der Waals surface area contributed by atoms with Gasteiger partial charge in [-0.1, -0.05) is 0 Å². The molecule has 126 valence electrons. The first kappa shape index (κ1) is 17.6. The lowest BCUT2D eigenvalue weighted by molar-refractivity contribution is 0.486. The number of rotatable bonds is 7. The van der Waals surface area contributed by atoms with E-state index in [2.05, 4.69) is 4.72 Å². The molecule has 0 amide bonds. The Kier molecular flexibility index (Phi) is 5.23. The van der Waals surface area contributed by atoms with E-state index in [-0.39, 0.29) is 23.0 Å². The van der Waals surface area contributed by atoms with Crippen molar-refractivity contribution in [2.24, 2.45) is 0 Å². The molecule has 0 saturated heterocycles. The molecule has 0 aliphatic heterocycles. The van der Waals surface area contributed by atoms with Crippen molar-refractivity contribution < 1.29 is 25.6 Å². The van der Waals surface area contributed by atoms with Crippen LogP contribution < -0.4 is 4.72 Å². The summed E-state index contributed by atoms with van der Waals surface area (Å²) in [5.41, 5.74) is 0. The zero-order chi connectivity index (χ0) is 17.1. The lowest BCUT2D eigenvalue weighted by Crippen LogP contribution is -2.32. The molecule has 0 bridgehead atoms. The Labute approximate surface area is 134 Å². The van der Waals surface area contributed by atoms with E-state index in [0.29, 0.717) is 0 Å². The largest absolute Gasteiger partial charge is 0.468 e. The van der Waals surface area contributed by atoms with Gasteiger partial charge >= 0.3 is 0 Å². The van der Waals surface area contributed by atoms with Crippen LogP contribution in [0.1, 0.15) is 17.9 Å². The maximum Gasteiger partial charge on any atom is 0.211 e. The molecule has 0 fully saturated rings. The second-order valence-electron chi connectivity index (χ2n) is 4.75. The van der Waals surface area contributed by atoms with Gasteiger partial charge in [-0.15, -0.1) is 0 Å². The minimum Gasteiger partial charge on any atom is -0.468 e. The summed E-state index contributed by atoms with van der Waals surface area (Å²) in [4.78, 5) is -0.115. The number of hydrogen-bond donors (Lipinski definition) is 1. The third-order valence-electron chi connectivity index (χ3n) is 3.25. The highest BCUT2D eigenvalue weighted by Crippen LogP contribution is 2.29. The zero-order valence-electron chi connectivity index (χ0n) is 12.3. The van der Waals surface area contributed by atoms with Gasteiger partial charge in [0.05, 0.1) is 16.9 Å². The van der Waals surface area contributed by atoms with Gasteiger partial charge in [0.1, 0.15) is 16.8 Å². The summed E-state index contributed by atoms with van der Waals surface area (Å²) in [5, 5.41) is -1.25. The van der Waals surface area contributed by atoms with E-state index in [0.717, 1.165) is 24.3 Å². The fourth-order valence-electron chi connectivity index (χ4n) is 1.93. The molecule has 1 atom stereocenters. The molecular formula is C14H16FNO5S2. The molecule has 2 aromatic rings. The molecule has 2 rings (SSSR count). The van der Waals surface area contributed by atoms with Crippen LogP contribution in [-0.4, -0.2) is 29.1 Å². The predicted molar refractivity (Wildman–Crippen MR) is 82.5 cm³/mol. The number of sulfonamides is 1. The van der Waals surface area contributed by atoms with Crippen molar-refractivity contribution in [3.05, 3.63) is 54.2 Å². The van der Waals surface area contributed by atoms with E-state index < -0.39 is 30.9 Å². The standard InChI is InChI=1S/C14H16FNO5S2/c1-2-22(17,18)16-10-14(13-4-3-9-21-13)23(19,20)12-7-5-11(15)6-8-12/h3-9,14,16H,2,10H2,1H3/t14-/m1/s1. The summed E-state index contributed by atoms with van der Waals surface area (Å²) in [6.45, 7) is 1.07. The second-order valence-corrected chi connectivity index (χ2v) is 8.98. The van der Waals surface area contributed by atoms with Crippen LogP contribution >= 0.6 is 0 Å². The van der Waals surface area contributed by atoms with Gasteiger partial charge in [0.2, 0.25) is 10.0 Å². The number of sulfone groups is 1. The molecule has 23 heavy (non-hydrogen) atoms. The van der Waals surface area contributed by atoms with Crippen LogP contribution in [0.4, 0.5) is 4.39 Å². The highest BCUT2D eigenvalue weighted by molar-refractivity contribution is 7.92. The van der Waals surface area contributed by atoms with Gasteiger partial charge in [0, 0.05) is 6.54 Å². The molecule has 9 heteroatoms.